The Morgan fingerprint density at radius 1 is 1.43 bits per heavy atom. The van der Waals surface area contributed by atoms with Crippen molar-refractivity contribution in [2.45, 2.75) is 27.2 Å². The first-order chi connectivity index (χ1) is 6.63. The zero-order chi connectivity index (χ0) is 10.3. The maximum absolute atomic E-state index is 6.01. The van der Waals surface area contributed by atoms with Crippen LogP contribution in [-0.2, 0) is 6.42 Å². The van der Waals surface area contributed by atoms with E-state index in [0.717, 1.165) is 28.3 Å². The summed E-state index contributed by atoms with van der Waals surface area (Å²) in [6.07, 6.45) is 2.91. The molecule has 0 amide bonds. The predicted octanol–water partition coefficient (Wildman–Crippen LogP) is 3.17. The van der Waals surface area contributed by atoms with Gasteiger partial charge in [-0.2, -0.15) is 0 Å². The molecule has 0 spiro atoms. The molecule has 2 nitrogen and oxygen atoms in total. The molecule has 0 fully saturated rings. The van der Waals surface area contributed by atoms with Gasteiger partial charge in [-0.3, -0.25) is 0 Å². The number of pyridine rings is 1. The molecule has 0 atom stereocenters. The Morgan fingerprint density at radius 2 is 2.14 bits per heavy atom. The van der Waals surface area contributed by atoms with Crippen LogP contribution in [0.3, 0.4) is 0 Å². The van der Waals surface area contributed by atoms with Crippen molar-refractivity contribution in [3.63, 3.8) is 0 Å². The van der Waals surface area contributed by atoms with E-state index in [0.29, 0.717) is 0 Å². The van der Waals surface area contributed by atoms with Gasteiger partial charge in [-0.1, -0.05) is 18.5 Å². The van der Waals surface area contributed by atoms with Crippen LogP contribution < -0.4 is 0 Å². The third-order valence-corrected chi connectivity index (χ3v) is 2.71. The molecule has 0 saturated heterocycles. The summed E-state index contributed by atoms with van der Waals surface area (Å²) in [5.74, 6) is 0. The van der Waals surface area contributed by atoms with Gasteiger partial charge in [0.15, 0.2) is 0 Å². The smallest absolute Gasteiger partial charge is 0.140 e. The van der Waals surface area contributed by atoms with Gasteiger partial charge in [0.25, 0.3) is 0 Å². The largest absolute Gasteiger partial charge is 0.302 e. The first kappa shape index (κ1) is 9.53. The van der Waals surface area contributed by atoms with Crippen molar-refractivity contribution in [3.8, 4) is 0 Å². The number of rotatable bonds is 1. The number of nitrogens with zero attached hydrogens (tertiary/aromatic N) is 2. The van der Waals surface area contributed by atoms with Crippen molar-refractivity contribution in [1.82, 2.24) is 9.38 Å². The van der Waals surface area contributed by atoms with Gasteiger partial charge < -0.3 is 4.40 Å². The molecular weight excluding hydrogens is 196 g/mol. The van der Waals surface area contributed by atoms with Crippen molar-refractivity contribution in [3.05, 3.63) is 34.2 Å². The minimum absolute atomic E-state index is 0.766. The maximum Gasteiger partial charge on any atom is 0.140 e. The number of hydrogen-bond donors (Lipinski definition) is 0. The maximum atomic E-state index is 6.01. The lowest BCUT2D eigenvalue weighted by Gasteiger charge is -2.02. The zero-order valence-corrected chi connectivity index (χ0v) is 9.39. The van der Waals surface area contributed by atoms with E-state index in [2.05, 4.69) is 16.3 Å². The lowest BCUT2D eigenvalue weighted by atomic mass is 10.3. The molecule has 74 valence electrons. The van der Waals surface area contributed by atoms with Crippen LogP contribution in [0, 0.1) is 13.8 Å². The molecule has 3 heteroatoms. The average Bonchev–Trinajstić information content (AvgIpc) is 2.41. The van der Waals surface area contributed by atoms with Crippen LogP contribution in [0.5, 0.6) is 0 Å². The summed E-state index contributed by atoms with van der Waals surface area (Å²) in [4.78, 5) is 4.53. The van der Waals surface area contributed by atoms with Crippen molar-refractivity contribution >= 4 is 17.2 Å². The van der Waals surface area contributed by atoms with Crippen molar-refractivity contribution in [1.29, 1.82) is 0 Å². The highest BCUT2D eigenvalue weighted by molar-refractivity contribution is 6.30. The van der Waals surface area contributed by atoms with E-state index in [1.165, 1.54) is 5.69 Å². The summed E-state index contributed by atoms with van der Waals surface area (Å²) in [5.41, 5.74) is 4.48. The molecule has 0 bridgehead atoms. The standard InChI is InChI=1S/C11H13ClN2/c1-4-10-8(3)13-11-7(2)5-9(12)6-14(10)11/h5-6H,4H2,1-3H3. The van der Waals surface area contributed by atoms with Crippen LogP contribution in [0.15, 0.2) is 12.3 Å². The lowest BCUT2D eigenvalue weighted by molar-refractivity contribution is 0.975. The molecule has 0 unspecified atom stereocenters. The topological polar surface area (TPSA) is 17.3 Å². The van der Waals surface area contributed by atoms with Crippen molar-refractivity contribution in [2.24, 2.45) is 0 Å². The Labute approximate surface area is 88.5 Å². The van der Waals surface area contributed by atoms with Gasteiger partial charge in [-0.05, 0) is 31.9 Å². The first-order valence-corrected chi connectivity index (χ1v) is 5.15. The monoisotopic (exact) mass is 208 g/mol. The molecule has 0 radical (unpaired) electrons. The van der Waals surface area contributed by atoms with Crippen LogP contribution in [0.25, 0.3) is 5.65 Å². The fourth-order valence-electron chi connectivity index (χ4n) is 1.85. The molecule has 0 aliphatic carbocycles. The second-order valence-corrected chi connectivity index (χ2v) is 3.97. The summed E-state index contributed by atoms with van der Waals surface area (Å²) >= 11 is 6.01. The Kier molecular flexibility index (Phi) is 2.23. The van der Waals surface area contributed by atoms with Gasteiger partial charge in [0.2, 0.25) is 0 Å². The number of aryl methyl sites for hydroxylation is 3. The second kappa shape index (κ2) is 3.28. The van der Waals surface area contributed by atoms with Gasteiger partial charge in [0.05, 0.1) is 10.7 Å². The number of imidazole rings is 1. The number of halogens is 1. The van der Waals surface area contributed by atoms with Crippen LogP contribution >= 0.6 is 11.6 Å². The van der Waals surface area contributed by atoms with E-state index in [-0.39, 0.29) is 0 Å². The highest BCUT2D eigenvalue weighted by Crippen LogP contribution is 2.20. The summed E-state index contributed by atoms with van der Waals surface area (Å²) in [6, 6.07) is 1.95. The zero-order valence-electron chi connectivity index (χ0n) is 8.63. The Balaban J connectivity index is 2.87. The van der Waals surface area contributed by atoms with Crippen molar-refractivity contribution in [2.75, 3.05) is 0 Å². The normalized spacial score (nSPS) is 11.1. The number of fused-ring (bicyclic) bond motifs is 1. The van der Waals surface area contributed by atoms with E-state index in [1.807, 2.05) is 26.1 Å². The number of hydrogen-bond acceptors (Lipinski definition) is 1. The van der Waals surface area contributed by atoms with Gasteiger partial charge in [-0.25, -0.2) is 4.98 Å². The molecule has 0 aliphatic rings. The predicted molar refractivity (Wildman–Crippen MR) is 59.1 cm³/mol. The molecule has 14 heavy (non-hydrogen) atoms. The van der Waals surface area contributed by atoms with Crippen molar-refractivity contribution < 1.29 is 0 Å². The van der Waals surface area contributed by atoms with E-state index in [4.69, 9.17) is 11.6 Å². The van der Waals surface area contributed by atoms with E-state index in [9.17, 15) is 0 Å². The Morgan fingerprint density at radius 3 is 2.79 bits per heavy atom. The molecular formula is C11H13ClN2. The number of aromatic nitrogens is 2. The Hall–Kier alpha value is -1.02. The molecule has 0 aromatic carbocycles. The second-order valence-electron chi connectivity index (χ2n) is 3.53. The highest BCUT2D eigenvalue weighted by Gasteiger charge is 2.08. The first-order valence-electron chi connectivity index (χ1n) is 4.77. The van der Waals surface area contributed by atoms with Gasteiger partial charge in [0, 0.05) is 11.9 Å². The van der Waals surface area contributed by atoms with Crippen LogP contribution in [0.1, 0.15) is 23.9 Å². The van der Waals surface area contributed by atoms with E-state index < -0.39 is 0 Å². The Bertz CT molecular complexity index is 485. The van der Waals surface area contributed by atoms with Crippen LogP contribution in [0.4, 0.5) is 0 Å². The summed E-state index contributed by atoms with van der Waals surface area (Å²) in [7, 11) is 0. The highest BCUT2D eigenvalue weighted by atomic mass is 35.5. The van der Waals surface area contributed by atoms with Gasteiger partial charge in [0.1, 0.15) is 5.65 Å². The average molecular weight is 209 g/mol. The summed E-state index contributed by atoms with van der Waals surface area (Å²) in [5, 5.41) is 0.766. The molecule has 2 rings (SSSR count). The molecule has 2 heterocycles. The third kappa shape index (κ3) is 1.30. The van der Waals surface area contributed by atoms with E-state index >= 15 is 0 Å². The molecule has 2 aromatic rings. The molecule has 0 aliphatic heterocycles. The molecule has 2 aromatic heterocycles. The van der Waals surface area contributed by atoms with Gasteiger partial charge in [-0.15, -0.1) is 0 Å². The molecule has 0 saturated carbocycles. The van der Waals surface area contributed by atoms with Gasteiger partial charge >= 0.3 is 0 Å². The fourth-order valence-corrected chi connectivity index (χ4v) is 2.12. The quantitative estimate of drug-likeness (QED) is 0.704. The summed E-state index contributed by atoms with van der Waals surface area (Å²) in [6.45, 7) is 6.21. The minimum atomic E-state index is 0.766. The SMILES string of the molecule is CCc1c(C)nc2c(C)cc(Cl)cn12. The summed E-state index contributed by atoms with van der Waals surface area (Å²) < 4.78 is 2.09. The fraction of sp³-hybridized carbons (Fsp3) is 0.364. The third-order valence-electron chi connectivity index (χ3n) is 2.50. The van der Waals surface area contributed by atoms with Crippen LogP contribution in [0.2, 0.25) is 5.02 Å². The minimum Gasteiger partial charge on any atom is -0.302 e. The molecule has 0 N–H and O–H groups in total. The van der Waals surface area contributed by atoms with E-state index in [1.54, 1.807) is 0 Å². The lowest BCUT2D eigenvalue weighted by Crippen LogP contribution is -1.93. The van der Waals surface area contributed by atoms with Crippen LogP contribution in [-0.4, -0.2) is 9.38 Å².